The number of nitrogens with two attached hydrogens (primary N) is 2. The number of nitrogens with one attached hydrogen (secondary N) is 3. The zero-order valence-electron chi connectivity index (χ0n) is 11.1. The molecule has 0 radical (unpaired) electrons. The van der Waals surface area contributed by atoms with Crippen LogP contribution in [-0.4, -0.2) is 34.1 Å². The summed E-state index contributed by atoms with van der Waals surface area (Å²) in [5, 5.41) is 5.34. The van der Waals surface area contributed by atoms with Crippen LogP contribution in [0.4, 0.5) is 16.2 Å². The van der Waals surface area contributed by atoms with Gasteiger partial charge in [-0.3, -0.25) is 0 Å². The molecule has 9 heteroatoms. The standard InChI is InChI=1S/C11H19N5O3S/c1-2-16-20(18,19)8-3-4-9(12)10(7-8)14-5-6-15-11(13)17/h3-4,7,14,16H,2,5-6,12H2,1H3,(H3,13,15,17). The van der Waals surface area contributed by atoms with Crippen LogP contribution >= 0.6 is 0 Å². The molecule has 0 atom stereocenters. The van der Waals surface area contributed by atoms with E-state index in [-0.39, 0.29) is 4.90 Å². The van der Waals surface area contributed by atoms with Gasteiger partial charge in [0, 0.05) is 19.6 Å². The van der Waals surface area contributed by atoms with Gasteiger partial charge in [-0.25, -0.2) is 17.9 Å². The number of rotatable bonds is 7. The fraction of sp³-hybridized carbons (Fsp3) is 0.364. The van der Waals surface area contributed by atoms with Gasteiger partial charge in [0.15, 0.2) is 0 Å². The van der Waals surface area contributed by atoms with Crippen molar-refractivity contribution < 1.29 is 13.2 Å². The van der Waals surface area contributed by atoms with Crippen molar-refractivity contribution in [2.45, 2.75) is 11.8 Å². The van der Waals surface area contributed by atoms with Crippen molar-refractivity contribution in [2.75, 3.05) is 30.7 Å². The highest BCUT2D eigenvalue weighted by Crippen LogP contribution is 2.22. The van der Waals surface area contributed by atoms with Gasteiger partial charge in [-0.15, -0.1) is 0 Å². The van der Waals surface area contributed by atoms with Gasteiger partial charge in [0.1, 0.15) is 0 Å². The highest BCUT2D eigenvalue weighted by Gasteiger charge is 2.14. The lowest BCUT2D eigenvalue weighted by atomic mass is 10.2. The van der Waals surface area contributed by atoms with Gasteiger partial charge in [0.05, 0.1) is 16.3 Å². The van der Waals surface area contributed by atoms with Crippen LogP contribution < -0.4 is 26.8 Å². The van der Waals surface area contributed by atoms with Crippen LogP contribution in [0.2, 0.25) is 0 Å². The van der Waals surface area contributed by atoms with Crippen molar-refractivity contribution in [3.8, 4) is 0 Å². The summed E-state index contributed by atoms with van der Waals surface area (Å²) >= 11 is 0. The van der Waals surface area contributed by atoms with E-state index in [2.05, 4.69) is 15.4 Å². The molecule has 0 saturated heterocycles. The molecular weight excluding hydrogens is 282 g/mol. The molecule has 2 amide bonds. The second-order valence-corrected chi connectivity index (χ2v) is 5.74. The molecular formula is C11H19N5O3S. The predicted octanol–water partition coefficient (Wildman–Crippen LogP) is -0.353. The van der Waals surface area contributed by atoms with E-state index in [0.29, 0.717) is 31.0 Å². The molecule has 0 aromatic heterocycles. The SMILES string of the molecule is CCNS(=O)(=O)c1ccc(N)c(NCCNC(N)=O)c1. The van der Waals surface area contributed by atoms with Crippen LogP contribution in [0.5, 0.6) is 0 Å². The Kier molecular flexibility index (Phi) is 5.59. The van der Waals surface area contributed by atoms with Gasteiger partial charge >= 0.3 is 6.03 Å². The smallest absolute Gasteiger partial charge is 0.312 e. The minimum absolute atomic E-state index is 0.124. The lowest BCUT2D eigenvalue weighted by Crippen LogP contribution is -2.33. The van der Waals surface area contributed by atoms with Gasteiger partial charge in [0.2, 0.25) is 10.0 Å². The largest absolute Gasteiger partial charge is 0.397 e. The normalized spacial score (nSPS) is 11.1. The number of anilines is 2. The van der Waals surface area contributed by atoms with Gasteiger partial charge in [0.25, 0.3) is 0 Å². The Morgan fingerprint density at radius 2 is 2.00 bits per heavy atom. The fourth-order valence-corrected chi connectivity index (χ4v) is 2.58. The predicted molar refractivity (Wildman–Crippen MR) is 77.8 cm³/mol. The summed E-state index contributed by atoms with van der Waals surface area (Å²) in [6.45, 7) is 2.68. The first-order chi connectivity index (χ1) is 9.36. The summed E-state index contributed by atoms with van der Waals surface area (Å²) in [4.78, 5) is 10.6. The van der Waals surface area contributed by atoms with Crippen molar-refractivity contribution >= 4 is 27.4 Å². The van der Waals surface area contributed by atoms with E-state index in [9.17, 15) is 13.2 Å². The zero-order valence-corrected chi connectivity index (χ0v) is 12.0. The van der Waals surface area contributed by atoms with E-state index in [1.165, 1.54) is 18.2 Å². The summed E-state index contributed by atoms with van der Waals surface area (Å²) < 4.78 is 26.1. The Hall–Kier alpha value is -2.00. The van der Waals surface area contributed by atoms with Crippen molar-refractivity contribution in [2.24, 2.45) is 5.73 Å². The Labute approximate surface area is 118 Å². The Morgan fingerprint density at radius 1 is 1.30 bits per heavy atom. The molecule has 0 heterocycles. The van der Waals surface area contributed by atoms with E-state index < -0.39 is 16.1 Å². The number of hydrogen-bond acceptors (Lipinski definition) is 5. The van der Waals surface area contributed by atoms with E-state index in [0.717, 1.165) is 0 Å². The first-order valence-corrected chi connectivity index (χ1v) is 7.51. The molecule has 0 unspecified atom stereocenters. The summed E-state index contributed by atoms with van der Waals surface area (Å²) in [7, 11) is -3.53. The number of amides is 2. The van der Waals surface area contributed by atoms with Crippen LogP contribution in [0.3, 0.4) is 0 Å². The highest BCUT2D eigenvalue weighted by atomic mass is 32.2. The lowest BCUT2D eigenvalue weighted by molar-refractivity contribution is 0.249. The van der Waals surface area contributed by atoms with E-state index in [1.54, 1.807) is 6.92 Å². The topological polar surface area (TPSA) is 139 Å². The Balaban J connectivity index is 2.79. The van der Waals surface area contributed by atoms with Crippen LogP contribution in [-0.2, 0) is 10.0 Å². The van der Waals surface area contributed by atoms with Crippen LogP contribution in [0.15, 0.2) is 23.1 Å². The Morgan fingerprint density at radius 3 is 2.60 bits per heavy atom. The average molecular weight is 301 g/mol. The summed E-state index contributed by atoms with van der Waals surface area (Å²) in [6.07, 6.45) is 0. The quantitative estimate of drug-likeness (QED) is 0.346. The van der Waals surface area contributed by atoms with Crippen LogP contribution in [0.1, 0.15) is 6.92 Å². The van der Waals surface area contributed by atoms with Gasteiger partial charge in [-0.05, 0) is 18.2 Å². The molecule has 0 aliphatic carbocycles. The third-order valence-corrected chi connectivity index (χ3v) is 3.95. The maximum Gasteiger partial charge on any atom is 0.312 e. The molecule has 1 aromatic carbocycles. The molecule has 7 N–H and O–H groups in total. The molecule has 0 fully saturated rings. The number of carbonyl (C=O) groups excluding carboxylic acids is 1. The molecule has 1 rings (SSSR count). The maximum atomic E-state index is 11.9. The number of sulfonamides is 1. The maximum absolute atomic E-state index is 11.9. The van der Waals surface area contributed by atoms with Gasteiger partial charge in [-0.1, -0.05) is 6.92 Å². The third-order valence-electron chi connectivity index (χ3n) is 2.41. The summed E-state index contributed by atoms with van der Waals surface area (Å²) in [5.41, 5.74) is 11.6. The molecule has 8 nitrogen and oxygen atoms in total. The number of urea groups is 1. The second-order valence-electron chi connectivity index (χ2n) is 3.97. The lowest BCUT2D eigenvalue weighted by Gasteiger charge is -2.12. The third kappa shape index (κ3) is 4.59. The van der Waals surface area contributed by atoms with E-state index >= 15 is 0 Å². The summed E-state index contributed by atoms with van der Waals surface area (Å²) in [6, 6.07) is 3.76. The molecule has 0 aliphatic rings. The number of nitrogen functional groups attached to an aromatic ring is 1. The number of benzene rings is 1. The van der Waals surface area contributed by atoms with Gasteiger partial charge < -0.3 is 22.1 Å². The molecule has 0 saturated carbocycles. The minimum Gasteiger partial charge on any atom is -0.397 e. The molecule has 0 aliphatic heterocycles. The summed E-state index contributed by atoms with van der Waals surface area (Å²) in [5.74, 6) is 0. The molecule has 1 aromatic rings. The average Bonchev–Trinajstić information content (AvgIpc) is 2.36. The monoisotopic (exact) mass is 301 g/mol. The van der Waals surface area contributed by atoms with Crippen molar-refractivity contribution in [3.63, 3.8) is 0 Å². The second kappa shape index (κ2) is 6.96. The van der Waals surface area contributed by atoms with Crippen LogP contribution in [0, 0.1) is 0 Å². The van der Waals surface area contributed by atoms with Crippen molar-refractivity contribution in [1.82, 2.24) is 10.0 Å². The first kappa shape index (κ1) is 16.1. The van der Waals surface area contributed by atoms with Gasteiger partial charge in [-0.2, -0.15) is 0 Å². The first-order valence-electron chi connectivity index (χ1n) is 6.03. The van der Waals surface area contributed by atoms with E-state index in [1.807, 2.05) is 0 Å². The Bertz CT molecular complexity index is 573. The molecule has 20 heavy (non-hydrogen) atoms. The van der Waals surface area contributed by atoms with Crippen molar-refractivity contribution in [3.05, 3.63) is 18.2 Å². The zero-order chi connectivity index (χ0) is 15.2. The fourth-order valence-electron chi connectivity index (χ4n) is 1.51. The number of carbonyl (C=O) groups is 1. The van der Waals surface area contributed by atoms with E-state index in [4.69, 9.17) is 11.5 Å². The number of hydrogen-bond donors (Lipinski definition) is 5. The molecule has 112 valence electrons. The highest BCUT2D eigenvalue weighted by molar-refractivity contribution is 7.89. The molecule has 0 bridgehead atoms. The van der Waals surface area contributed by atoms with Crippen molar-refractivity contribution in [1.29, 1.82) is 0 Å². The number of primary amides is 1. The minimum atomic E-state index is -3.53. The van der Waals surface area contributed by atoms with Crippen LogP contribution in [0.25, 0.3) is 0 Å². The molecule has 0 spiro atoms.